The van der Waals surface area contributed by atoms with Crippen LogP contribution < -0.4 is 5.56 Å². The Kier molecular flexibility index (Phi) is 1.21. The molecule has 0 N–H and O–H groups in total. The third-order valence-corrected chi connectivity index (χ3v) is 1.95. The Labute approximate surface area is 51.5 Å². The van der Waals surface area contributed by atoms with Crippen LogP contribution in [0.3, 0.4) is 0 Å². The number of rotatable bonds is 0. The molecule has 0 aliphatic heterocycles. The van der Waals surface area contributed by atoms with Crippen LogP contribution in [0.15, 0.2) is 10.2 Å². The van der Waals surface area contributed by atoms with Gasteiger partial charge in [-0.1, -0.05) is 11.5 Å². The van der Waals surface area contributed by atoms with Crippen molar-refractivity contribution in [1.82, 2.24) is 3.96 Å². The summed E-state index contributed by atoms with van der Waals surface area (Å²) in [6, 6.07) is 0. The molecule has 0 fully saturated rings. The molecular formula is C5H7NOS. The van der Waals surface area contributed by atoms with E-state index in [-0.39, 0.29) is 5.56 Å². The van der Waals surface area contributed by atoms with Gasteiger partial charge in [0.2, 0.25) is 0 Å². The summed E-state index contributed by atoms with van der Waals surface area (Å²) in [6.45, 7) is 1.82. The molecule has 0 spiro atoms. The maximum absolute atomic E-state index is 10.7. The van der Waals surface area contributed by atoms with Gasteiger partial charge >= 0.3 is 0 Å². The number of aromatic nitrogens is 1. The van der Waals surface area contributed by atoms with Gasteiger partial charge in [0.25, 0.3) is 5.56 Å². The Bertz CT molecular complexity index is 212. The summed E-state index contributed by atoms with van der Waals surface area (Å²) in [5.41, 5.74) is 0.951. The highest BCUT2D eigenvalue weighted by molar-refractivity contribution is 7.04. The van der Waals surface area contributed by atoms with Crippen LogP contribution >= 0.6 is 11.5 Å². The standard InChI is InChI=1S/C5H7NOS/c1-4-3-8-6(2)5(4)7/h3H,1-2H3. The average molecular weight is 129 g/mol. The summed E-state index contributed by atoms with van der Waals surface area (Å²) >= 11 is 1.44. The van der Waals surface area contributed by atoms with E-state index in [9.17, 15) is 4.79 Å². The van der Waals surface area contributed by atoms with E-state index in [0.717, 1.165) is 5.56 Å². The fraction of sp³-hybridized carbons (Fsp3) is 0.400. The van der Waals surface area contributed by atoms with Gasteiger partial charge in [0.05, 0.1) is 0 Å². The van der Waals surface area contributed by atoms with Crippen molar-refractivity contribution in [1.29, 1.82) is 0 Å². The number of nitrogens with zero attached hydrogens (tertiary/aromatic N) is 1. The molecule has 0 saturated heterocycles. The van der Waals surface area contributed by atoms with Gasteiger partial charge in [-0.05, 0) is 6.92 Å². The normalized spacial score (nSPS) is 9.75. The Morgan fingerprint density at radius 1 is 1.75 bits per heavy atom. The second kappa shape index (κ2) is 1.74. The van der Waals surface area contributed by atoms with Crippen molar-refractivity contribution in [2.75, 3.05) is 0 Å². The van der Waals surface area contributed by atoms with Crippen molar-refractivity contribution < 1.29 is 0 Å². The molecule has 0 unspecified atom stereocenters. The van der Waals surface area contributed by atoms with E-state index in [1.54, 1.807) is 11.0 Å². The van der Waals surface area contributed by atoms with Gasteiger partial charge in [-0.15, -0.1) is 0 Å². The van der Waals surface area contributed by atoms with Crippen LogP contribution in [-0.4, -0.2) is 3.96 Å². The minimum absolute atomic E-state index is 0.120. The second-order valence-electron chi connectivity index (χ2n) is 1.71. The number of aryl methyl sites for hydroxylation is 2. The molecule has 1 aromatic heterocycles. The van der Waals surface area contributed by atoms with E-state index < -0.39 is 0 Å². The Hall–Kier alpha value is -0.570. The monoisotopic (exact) mass is 129 g/mol. The predicted octanol–water partition coefficient (Wildman–Crippen LogP) is 0.755. The second-order valence-corrected chi connectivity index (χ2v) is 2.70. The SMILES string of the molecule is Cc1csn(C)c1=O. The largest absolute Gasteiger partial charge is 0.268 e. The molecule has 8 heavy (non-hydrogen) atoms. The molecule has 0 aromatic carbocycles. The molecule has 0 bridgehead atoms. The Morgan fingerprint density at radius 2 is 2.38 bits per heavy atom. The first-order valence-electron chi connectivity index (χ1n) is 2.33. The summed E-state index contributed by atoms with van der Waals surface area (Å²) in [4.78, 5) is 10.7. The third kappa shape index (κ3) is 0.690. The number of hydrogen-bond donors (Lipinski definition) is 0. The molecule has 0 amide bonds. The van der Waals surface area contributed by atoms with Gasteiger partial charge < -0.3 is 0 Å². The fourth-order valence-corrected chi connectivity index (χ4v) is 1.16. The van der Waals surface area contributed by atoms with Crippen molar-refractivity contribution >= 4 is 11.5 Å². The molecule has 0 radical (unpaired) electrons. The summed E-state index contributed by atoms with van der Waals surface area (Å²) in [5.74, 6) is 0. The topological polar surface area (TPSA) is 22.0 Å². The zero-order chi connectivity index (χ0) is 6.15. The van der Waals surface area contributed by atoms with Gasteiger partial charge in [-0.3, -0.25) is 8.75 Å². The van der Waals surface area contributed by atoms with E-state index in [1.807, 2.05) is 12.3 Å². The average Bonchev–Trinajstić information content (AvgIpc) is 1.98. The lowest BCUT2D eigenvalue weighted by Crippen LogP contribution is -2.09. The highest BCUT2D eigenvalue weighted by Crippen LogP contribution is 1.94. The Balaban J connectivity index is 3.42. The molecule has 0 saturated carbocycles. The maximum atomic E-state index is 10.7. The van der Waals surface area contributed by atoms with E-state index >= 15 is 0 Å². The van der Waals surface area contributed by atoms with Gasteiger partial charge in [0, 0.05) is 18.0 Å². The van der Waals surface area contributed by atoms with E-state index in [4.69, 9.17) is 0 Å². The molecule has 1 heterocycles. The van der Waals surface area contributed by atoms with Crippen molar-refractivity contribution in [2.24, 2.45) is 7.05 Å². The fourth-order valence-electron chi connectivity index (χ4n) is 0.505. The summed E-state index contributed by atoms with van der Waals surface area (Å²) in [6.07, 6.45) is 0. The minimum Gasteiger partial charge on any atom is -0.268 e. The van der Waals surface area contributed by atoms with Crippen LogP contribution in [0.25, 0.3) is 0 Å². The lowest BCUT2D eigenvalue weighted by atomic mass is 10.4. The number of hydrogen-bond acceptors (Lipinski definition) is 2. The van der Waals surface area contributed by atoms with Crippen LogP contribution in [0.2, 0.25) is 0 Å². The van der Waals surface area contributed by atoms with Crippen molar-refractivity contribution in [3.63, 3.8) is 0 Å². The summed E-state index contributed by atoms with van der Waals surface area (Å²) < 4.78 is 1.61. The predicted molar refractivity (Wildman–Crippen MR) is 34.3 cm³/mol. The smallest absolute Gasteiger partial charge is 0.263 e. The van der Waals surface area contributed by atoms with E-state index in [1.165, 1.54) is 11.5 Å². The first-order valence-corrected chi connectivity index (χ1v) is 3.17. The summed E-state index contributed by atoms with van der Waals surface area (Å²) in [5, 5.41) is 1.85. The molecule has 0 aliphatic carbocycles. The van der Waals surface area contributed by atoms with E-state index in [2.05, 4.69) is 0 Å². The minimum atomic E-state index is 0.120. The Morgan fingerprint density at radius 3 is 2.50 bits per heavy atom. The molecule has 2 nitrogen and oxygen atoms in total. The van der Waals surface area contributed by atoms with Crippen molar-refractivity contribution in [3.8, 4) is 0 Å². The first kappa shape index (κ1) is 5.56. The van der Waals surface area contributed by atoms with E-state index in [0.29, 0.717) is 0 Å². The maximum Gasteiger partial charge on any atom is 0.263 e. The molecule has 1 aromatic rings. The molecule has 44 valence electrons. The highest BCUT2D eigenvalue weighted by atomic mass is 32.1. The van der Waals surface area contributed by atoms with Crippen LogP contribution in [-0.2, 0) is 7.05 Å². The van der Waals surface area contributed by atoms with Gasteiger partial charge in [0.1, 0.15) is 0 Å². The zero-order valence-electron chi connectivity index (χ0n) is 4.84. The van der Waals surface area contributed by atoms with Gasteiger partial charge in [-0.25, -0.2) is 0 Å². The zero-order valence-corrected chi connectivity index (χ0v) is 5.66. The molecular weight excluding hydrogens is 122 g/mol. The lowest BCUT2D eigenvalue weighted by Gasteiger charge is -1.78. The van der Waals surface area contributed by atoms with Gasteiger partial charge in [-0.2, -0.15) is 0 Å². The molecule has 1 rings (SSSR count). The molecule has 3 heteroatoms. The quantitative estimate of drug-likeness (QED) is 0.506. The molecule has 0 atom stereocenters. The lowest BCUT2D eigenvalue weighted by molar-refractivity contribution is 0.969. The van der Waals surface area contributed by atoms with Crippen molar-refractivity contribution in [2.45, 2.75) is 6.92 Å². The third-order valence-electron chi connectivity index (χ3n) is 1.01. The molecule has 0 aliphatic rings. The van der Waals surface area contributed by atoms with Gasteiger partial charge in [0.15, 0.2) is 0 Å². The van der Waals surface area contributed by atoms with Crippen LogP contribution in [0.4, 0.5) is 0 Å². The summed E-state index contributed by atoms with van der Waals surface area (Å²) in [7, 11) is 1.76. The van der Waals surface area contributed by atoms with Crippen LogP contribution in [0.5, 0.6) is 0 Å². The van der Waals surface area contributed by atoms with Crippen LogP contribution in [0.1, 0.15) is 5.56 Å². The van der Waals surface area contributed by atoms with Crippen molar-refractivity contribution in [3.05, 3.63) is 21.3 Å². The van der Waals surface area contributed by atoms with Crippen LogP contribution in [0, 0.1) is 6.92 Å². The highest BCUT2D eigenvalue weighted by Gasteiger charge is 1.93. The first-order chi connectivity index (χ1) is 3.72.